The van der Waals surface area contributed by atoms with E-state index in [-0.39, 0.29) is 0 Å². The highest BCUT2D eigenvalue weighted by Crippen LogP contribution is 2.25. The minimum Gasteiger partial charge on any atom is -0.370 e. The molecule has 1 heterocycles. The van der Waals surface area contributed by atoms with E-state index >= 15 is 0 Å². The Hall–Kier alpha value is -0.730. The van der Waals surface area contributed by atoms with Crippen LogP contribution in [0, 0.1) is 6.92 Å². The Labute approximate surface area is 89.7 Å². The first-order chi connectivity index (χ1) is 6.66. The van der Waals surface area contributed by atoms with Crippen molar-refractivity contribution in [3.05, 3.63) is 28.8 Å². The molecule has 1 fully saturated rings. The van der Waals surface area contributed by atoms with Gasteiger partial charge in [-0.2, -0.15) is 0 Å². The quantitative estimate of drug-likeness (QED) is 0.770. The van der Waals surface area contributed by atoms with Crippen molar-refractivity contribution in [3.8, 4) is 0 Å². The summed E-state index contributed by atoms with van der Waals surface area (Å²) >= 11 is 6.07. The van der Waals surface area contributed by atoms with Crippen LogP contribution in [0.5, 0.6) is 0 Å². The summed E-state index contributed by atoms with van der Waals surface area (Å²) in [5, 5.41) is 0.836. The first-order valence-corrected chi connectivity index (χ1v) is 5.31. The van der Waals surface area contributed by atoms with E-state index in [9.17, 15) is 0 Å². The van der Waals surface area contributed by atoms with Gasteiger partial charge in [-0.3, -0.25) is 0 Å². The molecule has 76 valence electrons. The van der Waals surface area contributed by atoms with Gasteiger partial charge in [-0.25, -0.2) is 0 Å². The Morgan fingerprint density at radius 1 is 1.50 bits per heavy atom. The first kappa shape index (κ1) is 9.81. The fourth-order valence-corrected chi connectivity index (χ4v) is 1.98. The summed E-state index contributed by atoms with van der Waals surface area (Å²) in [6.07, 6.45) is 1.07. The number of nitrogens with two attached hydrogens (primary N) is 1. The van der Waals surface area contributed by atoms with Gasteiger partial charge in [0.05, 0.1) is 0 Å². The number of hydrogen-bond donors (Lipinski definition) is 1. The molecule has 2 N–H and O–H groups in total. The first-order valence-electron chi connectivity index (χ1n) is 4.93. The van der Waals surface area contributed by atoms with E-state index in [1.165, 1.54) is 5.69 Å². The molecule has 0 aromatic heterocycles. The average molecular weight is 211 g/mol. The molecule has 1 aromatic carbocycles. The molecule has 0 unspecified atom stereocenters. The Balaban J connectivity index is 2.20. The minimum atomic E-state index is 0.315. The van der Waals surface area contributed by atoms with Gasteiger partial charge in [0.25, 0.3) is 0 Å². The summed E-state index contributed by atoms with van der Waals surface area (Å²) in [5.74, 6) is 0. The van der Waals surface area contributed by atoms with E-state index in [4.69, 9.17) is 17.3 Å². The lowest BCUT2D eigenvalue weighted by molar-refractivity contribution is 0.752. The molecule has 14 heavy (non-hydrogen) atoms. The van der Waals surface area contributed by atoms with E-state index in [1.54, 1.807) is 0 Å². The molecule has 1 aromatic rings. The van der Waals surface area contributed by atoms with Crippen LogP contribution in [0.25, 0.3) is 0 Å². The highest BCUT2D eigenvalue weighted by atomic mass is 35.5. The Kier molecular flexibility index (Phi) is 2.66. The maximum atomic E-state index is 6.07. The van der Waals surface area contributed by atoms with Crippen molar-refractivity contribution in [2.45, 2.75) is 19.4 Å². The van der Waals surface area contributed by atoms with Crippen LogP contribution in [0.2, 0.25) is 5.02 Å². The molecular formula is C11H15ClN2. The second-order valence-corrected chi connectivity index (χ2v) is 4.34. The Bertz CT molecular complexity index is 338. The van der Waals surface area contributed by atoms with Crippen LogP contribution < -0.4 is 10.6 Å². The standard InChI is InChI=1S/C11H15ClN2/c1-8-2-3-10(6-11(8)12)14-5-4-9(13)7-14/h2-3,6,9H,4-5,7,13H2,1H3/t9-/m0/s1. The lowest BCUT2D eigenvalue weighted by atomic mass is 10.2. The number of nitrogens with zero attached hydrogens (tertiary/aromatic N) is 1. The molecule has 2 nitrogen and oxygen atoms in total. The van der Waals surface area contributed by atoms with E-state index in [0.29, 0.717) is 6.04 Å². The zero-order valence-electron chi connectivity index (χ0n) is 8.33. The maximum Gasteiger partial charge on any atom is 0.0455 e. The van der Waals surface area contributed by atoms with Gasteiger partial charge >= 0.3 is 0 Å². The number of aryl methyl sites for hydroxylation is 1. The molecule has 0 amide bonds. The van der Waals surface area contributed by atoms with Crippen LogP contribution >= 0.6 is 11.6 Å². The smallest absolute Gasteiger partial charge is 0.0455 e. The molecule has 0 aliphatic carbocycles. The van der Waals surface area contributed by atoms with Crippen molar-refractivity contribution >= 4 is 17.3 Å². The van der Waals surface area contributed by atoms with Crippen molar-refractivity contribution in [1.82, 2.24) is 0 Å². The third-order valence-corrected chi connectivity index (χ3v) is 3.15. The zero-order chi connectivity index (χ0) is 10.1. The molecule has 0 radical (unpaired) electrons. The summed E-state index contributed by atoms with van der Waals surface area (Å²) in [7, 11) is 0. The van der Waals surface area contributed by atoms with Gasteiger partial charge < -0.3 is 10.6 Å². The fraction of sp³-hybridized carbons (Fsp3) is 0.455. The third kappa shape index (κ3) is 1.86. The molecule has 0 saturated carbocycles. The minimum absolute atomic E-state index is 0.315. The highest BCUT2D eigenvalue weighted by molar-refractivity contribution is 6.31. The Morgan fingerprint density at radius 2 is 2.29 bits per heavy atom. The number of anilines is 1. The molecule has 3 heteroatoms. The van der Waals surface area contributed by atoms with Gasteiger partial charge in [0.1, 0.15) is 0 Å². The van der Waals surface area contributed by atoms with Crippen molar-refractivity contribution in [3.63, 3.8) is 0 Å². The third-order valence-electron chi connectivity index (χ3n) is 2.75. The van der Waals surface area contributed by atoms with Crippen molar-refractivity contribution < 1.29 is 0 Å². The largest absolute Gasteiger partial charge is 0.370 e. The van der Waals surface area contributed by atoms with Gasteiger partial charge in [-0.1, -0.05) is 17.7 Å². The van der Waals surface area contributed by atoms with Crippen molar-refractivity contribution in [2.24, 2.45) is 5.73 Å². The van der Waals surface area contributed by atoms with E-state index in [2.05, 4.69) is 17.0 Å². The maximum absolute atomic E-state index is 6.07. The lowest BCUT2D eigenvalue weighted by Crippen LogP contribution is -2.26. The van der Waals surface area contributed by atoms with Gasteiger partial charge in [-0.15, -0.1) is 0 Å². The lowest BCUT2D eigenvalue weighted by Gasteiger charge is -2.18. The van der Waals surface area contributed by atoms with Crippen LogP contribution in [0.15, 0.2) is 18.2 Å². The zero-order valence-corrected chi connectivity index (χ0v) is 9.09. The molecule has 1 aliphatic heterocycles. The Morgan fingerprint density at radius 3 is 2.86 bits per heavy atom. The highest BCUT2D eigenvalue weighted by Gasteiger charge is 2.19. The van der Waals surface area contributed by atoms with Gasteiger partial charge in [0, 0.05) is 29.8 Å². The van der Waals surface area contributed by atoms with E-state index < -0.39 is 0 Å². The normalized spacial score (nSPS) is 21.6. The van der Waals surface area contributed by atoms with Gasteiger partial charge in [0.2, 0.25) is 0 Å². The van der Waals surface area contributed by atoms with Crippen LogP contribution in [-0.2, 0) is 0 Å². The summed E-state index contributed by atoms with van der Waals surface area (Å²) in [6, 6.07) is 6.51. The van der Waals surface area contributed by atoms with Crippen LogP contribution in [0.4, 0.5) is 5.69 Å². The summed E-state index contributed by atoms with van der Waals surface area (Å²) in [5.41, 5.74) is 8.17. The number of rotatable bonds is 1. The van der Waals surface area contributed by atoms with Crippen LogP contribution in [0.3, 0.4) is 0 Å². The van der Waals surface area contributed by atoms with Crippen molar-refractivity contribution in [2.75, 3.05) is 18.0 Å². The predicted octanol–water partition coefficient (Wildman–Crippen LogP) is 2.19. The fourth-order valence-electron chi connectivity index (χ4n) is 1.80. The second-order valence-electron chi connectivity index (χ2n) is 3.93. The SMILES string of the molecule is Cc1ccc(N2CC[C@H](N)C2)cc1Cl. The van der Waals surface area contributed by atoms with Crippen molar-refractivity contribution in [1.29, 1.82) is 0 Å². The summed E-state index contributed by atoms with van der Waals surface area (Å²) < 4.78 is 0. The van der Waals surface area contributed by atoms with Gasteiger partial charge in [-0.05, 0) is 31.0 Å². The topological polar surface area (TPSA) is 29.3 Å². The summed E-state index contributed by atoms with van der Waals surface area (Å²) in [4.78, 5) is 2.29. The average Bonchev–Trinajstić information content (AvgIpc) is 2.57. The van der Waals surface area contributed by atoms with Gasteiger partial charge in [0.15, 0.2) is 0 Å². The molecule has 1 saturated heterocycles. The molecular weight excluding hydrogens is 196 g/mol. The molecule has 0 spiro atoms. The van der Waals surface area contributed by atoms with E-state index in [0.717, 1.165) is 30.1 Å². The molecule has 1 atom stereocenters. The second kappa shape index (κ2) is 3.79. The molecule has 1 aliphatic rings. The molecule has 2 rings (SSSR count). The number of hydrogen-bond acceptors (Lipinski definition) is 2. The predicted molar refractivity (Wildman–Crippen MR) is 61.0 cm³/mol. The van der Waals surface area contributed by atoms with Crippen LogP contribution in [-0.4, -0.2) is 19.1 Å². The molecule has 0 bridgehead atoms. The number of benzene rings is 1. The van der Waals surface area contributed by atoms with E-state index in [1.807, 2.05) is 13.0 Å². The summed E-state index contributed by atoms with van der Waals surface area (Å²) in [6.45, 7) is 4.00. The van der Waals surface area contributed by atoms with Crippen LogP contribution in [0.1, 0.15) is 12.0 Å². The number of halogens is 1. The monoisotopic (exact) mass is 210 g/mol.